The molecule has 3 atom stereocenters. The lowest BCUT2D eigenvalue weighted by molar-refractivity contribution is -0.116. The molecule has 3 aliphatic rings. The molecule has 9 nitrogen and oxygen atoms in total. The van der Waals surface area contributed by atoms with Crippen LogP contribution in [0.5, 0.6) is 5.75 Å². The van der Waals surface area contributed by atoms with E-state index in [0.29, 0.717) is 79.8 Å². The summed E-state index contributed by atoms with van der Waals surface area (Å²) in [4.78, 5) is 23.8. The average Bonchev–Trinajstić information content (AvgIpc) is 3.67. The second-order valence-electron chi connectivity index (χ2n) is 10.7. The molecular formula is C30H31ClF2N4O5. The van der Waals surface area contributed by atoms with Crippen LogP contribution in [0.2, 0.25) is 5.02 Å². The van der Waals surface area contributed by atoms with Crippen LogP contribution in [0.15, 0.2) is 48.6 Å². The van der Waals surface area contributed by atoms with E-state index in [1.165, 1.54) is 30.6 Å². The number of hydrogen-bond donors (Lipinski definition) is 1. The van der Waals surface area contributed by atoms with Gasteiger partial charge in [-0.05, 0) is 36.8 Å². The number of nitrogens with zero attached hydrogens (tertiary/aromatic N) is 3. The van der Waals surface area contributed by atoms with Crippen LogP contribution in [0.4, 0.5) is 20.3 Å². The third kappa shape index (κ3) is 6.71. The van der Waals surface area contributed by atoms with Gasteiger partial charge in [0, 0.05) is 61.3 Å². The fourth-order valence-corrected chi connectivity index (χ4v) is 5.58. The number of allylic oxidation sites excluding steroid dienone is 1. The lowest BCUT2D eigenvalue weighted by atomic mass is 10.0. The van der Waals surface area contributed by atoms with E-state index < -0.39 is 17.4 Å². The number of benzene rings is 2. The van der Waals surface area contributed by atoms with Crippen LogP contribution in [0, 0.1) is 11.7 Å². The largest absolute Gasteiger partial charge is 0.493 e. The molecular weight excluding hydrogens is 570 g/mol. The second-order valence-corrected chi connectivity index (χ2v) is 11.1. The summed E-state index contributed by atoms with van der Waals surface area (Å²) in [6.07, 6.45) is 3.31. The predicted molar refractivity (Wildman–Crippen MR) is 152 cm³/mol. The molecule has 42 heavy (non-hydrogen) atoms. The highest BCUT2D eigenvalue weighted by Gasteiger charge is 2.36. The molecule has 0 aliphatic carbocycles. The zero-order chi connectivity index (χ0) is 29.1. The number of anilines is 2. The Bertz CT molecular complexity index is 1470. The van der Waals surface area contributed by atoms with Gasteiger partial charge in [-0.15, -0.1) is 0 Å². The summed E-state index contributed by atoms with van der Waals surface area (Å²) >= 11 is 5.95. The molecule has 0 saturated carbocycles. The van der Waals surface area contributed by atoms with Gasteiger partial charge >= 0.3 is 0 Å². The number of ketones is 1. The second kappa shape index (κ2) is 13.0. The van der Waals surface area contributed by atoms with Crippen LogP contribution >= 0.6 is 11.6 Å². The van der Waals surface area contributed by atoms with Crippen molar-refractivity contribution in [1.29, 1.82) is 0 Å². The van der Waals surface area contributed by atoms with Gasteiger partial charge in [0.15, 0.2) is 11.6 Å². The number of carbonyl (C=O) groups excluding carboxylic acids is 1. The molecule has 222 valence electrons. The van der Waals surface area contributed by atoms with Gasteiger partial charge in [-0.2, -0.15) is 0 Å². The summed E-state index contributed by atoms with van der Waals surface area (Å²) in [5, 5.41) is 3.68. The first-order valence-corrected chi connectivity index (χ1v) is 14.4. The van der Waals surface area contributed by atoms with E-state index >= 15 is 4.39 Å². The lowest BCUT2D eigenvalue weighted by Crippen LogP contribution is -2.36. The minimum atomic E-state index is -0.814. The van der Waals surface area contributed by atoms with Gasteiger partial charge in [-0.25, -0.2) is 18.7 Å². The third-order valence-electron chi connectivity index (χ3n) is 7.68. The van der Waals surface area contributed by atoms with Crippen LogP contribution in [0.25, 0.3) is 10.9 Å². The lowest BCUT2D eigenvalue weighted by Gasteiger charge is -2.24. The third-order valence-corrected chi connectivity index (χ3v) is 7.97. The minimum absolute atomic E-state index is 0.0237. The number of rotatable bonds is 10. The predicted octanol–water partition coefficient (Wildman–Crippen LogP) is 4.65. The van der Waals surface area contributed by atoms with Crippen molar-refractivity contribution >= 4 is 39.8 Å². The molecule has 2 aromatic carbocycles. The first-order valence-electron chi connectivity index (χ1n) is 14.0. The fourth-order valence-electron chi connectivity index (χ4n) is 5.40. The van der Waals surface area contributed by atoms with Crippen molar-refractivity contribution in [2.75, 3.05) is 58.0 Å². The molecule has 1 aromatic heterocycles. The molecule has 6 rings (SSSR count). The molecule has 1 N–H and O–H groups in total. The number of ether oxygens (including phenoxy) is 4. The first-order chi connectivity index (χ1) is 20.4. The number of Topliss-reactive ketones (excluding diaryl/α,β-unsaturated/α-hetero) is 1. The Morgan fingerprint density at radius 1 is 1.14 bits per heavy atom. The SMILES string of the molecule is O=C(Cc1cc2c(Nc3ccc(F)c(Cl)c3)ncnc2cc1OC[C@H]1CCOC1)/C(F)=C/CN1C[C@@H]2OCCO[C@H]2C1. The van der Waals surface area contributed by atoms with Crippen LogP contribution in [-0.4, -0.2) is 85.5 Å². The topological polar surface area (TPSA) is 95.0 Å². The van der Waals surface area contributed by atoms with Crippen molar-refractivity contribution in [1.82, 2.24) is 14.9 Å². The van der Waals surface area contributed by atoms with Gasteiger partial charge in [-0.1, -0.05) is 11.6 Å². The Kier molecular flexibility index (Phi) is 8.92. The number of carbonyl (C=O) groups is 1. The van der Waals surface area contributed by atoms with Crippen molar-refractivity contribution in [2.45, 2.75) is 25.0 Å². The van der Waals surface area contributed by atoms with Gasteiger partial charge in [0.1, 0.15) is 23.7 Å². The molecule has 0 unspecified atom stereocenters. The number of aromatic nitrogens is 2. The smallest absolute Gasteiger partial charge is 0.195 e. The normalized spacial score (nSPS) is 22.8. The highest BCUT2D eigenvalue weighted by Crippen LogP contribution is 2.32. The first kappa shape index (κ1) is 28.9. The maximum Gasteiger partial charge on any atom is 0.195 e. The molecule has 0 amide bonds. The number of hydrogen-bond acceptors (Lipinski definition) is 9. The van der Waals surface area contributed by atoms with Gasteiger partial charge in [-0.3, -0.25) is 9.69 Å². The van der Waals surface area contributed by atoms with Crippen molar-refractivity contribution in [3.8, 4) is 5.75 Å². The van der Waals surface area contributed by atoms with E-state index in [2.05, 4.69) is 15.3 Å². The van der Waals surface area contributed by atoms with Gasteiger partial charge < -0.3 is 24.3 Å². The van der Waals surface area contributed by atoms with Gasteiger partial charge in [0.2, 0.25) is 0 Å². The van der Waals surface area contributed by atoms with E-state index in [0.717, 1.165) is 6.42 Å². The Balaban J connectivity index is 1.23. The standard InChI is InChI=1S/C30H31ClF2N4O5/c31-22-11-20(1-2-23(22)32)36-30-21-9-19(27(12-25(21)34-17-35-30)42-16-18-4-6-39-15-18)10-26(38)24(33)3-5-37-13-28-29(14-37)41-8-7-40-28/h1-3,9,11-12,17-18,28-29H,4-8,10,13-16H2,(H,34,35,36)/b24-3-/t18-,28-,29-/m0/s1. The van der Waals surface area contributed by atoms with E-state index in [9.17, 15) is 9.18 Å². The zero-order valence-electron chi connectivity index (χ0n) is 22.9. The Labute approximate surface area is 246 Å². The van der Waals surface area contributed by atoms with E-state index in [-0.39, 0.29) is 36.1 Å². The fraction of sp³-hybridized carbons (Fsp3) is 0.433. The highest BCUT2D eigenvalue weighted by molar-refractivity contribution is 6.31. The quantitative estimate of drug-likeness (QED) is 0.334. The summed E-state index contributed by atoms with van der Waals surface area (Å²) in [6.45, 7) is 4.34. The average molecular weight is 601 g/mol. The van der Waals surface area contributed by atoms with E-state index in [1.54, 1.807) is 12.1 Å². The molecule has 0 bridgehead atoms. The van der Waals surface area contributed by atoms with Crippen LogP contribution in [-0.2, 0) is 25.4 Å². The van der Waals surface area contributed by atoms with Crippen LogP contribution in [0.3, 0.4) is 0 Å². The number of likely N-dealkylation sites (tertiary alicyclic amines) is 1. The summed E-state index contributed by atoms with van der Waals surface area (Å²) in [7, 11) is 0. The number of halogens is 3. The zero-order valence-corrected chi connectivity index (χ0v) is 23.6. The summed E-state index contributed by atoms with van der Waals surface area (Å²) in [5.41, 5.74) is 1.58. The van der Waals surface area contributed by atoms with E-state index in [4.69, 9.17) is 30.5 Å². The molecule has 4 heterocycles. The van der Waals surface area contributed by atoms with Crippen molar-refractivity contribution in [3.63, 3.8) is 0 Å². The Hall–Kier alpha value is -3.22. The van der Waals surface area contributed by atoms with E-state index in [1.807, 2.05) is 4.90 Å². The van der Waals surface area contributed by atoms with Gasteiger partial charge in [0.05, 0.1) is 49.2 Å². The molecule has 3 saturated heterocycles. The molecule has 0 spiro atoms. The molecule has 3 fully saturated rings. The molecule has 3 aromatic rings. The Morgan fingerprint density at radius 3 is 2.69 bits per heavy atom. The monoisotopic (exact) mass is 600 g/mol. The summed E-state index contributed by atoms with van der Waals surface area (Å²) in [5.74, 6) is -0.922. The Morgan fingerprint density at radius 2 is 1.95 bits per heavy atom. The van der Waals surface area contributed by atoms with Crippen molar-refractivity contribution < 1.29 is 32.5 Å². The van der Waals surface area contributed by atoms with Crippen molar-refractivity contribution in [3.05, 3.63) is 65.0 Å². The number of nitrogens with one attached hydrogen (secondary N) is 1. The summed E-state index contributed by atoms with van der Waals surface area (Å²) < 4.78 is 51.8. The molecule has 3 aliphatic heterocycles. The maximum absolute atomic E-state index is 15.1. The molecule has 0 radical (unpaired) electrons. The van der Waals surface area contributed by atoms with Crippen molar-refractivity contribution in [2.24, 2.45) is 5.92 Å². The molecule has 12 heteroatoms. The maximum atomic E-state index is 15.1. The highest BCUT2D eigenvalue weighted by atomic mass is 35.5. The van der Waals surface area contributed by atoms with Crippen LogP contribution < -0.4 is 10.1 Å². The van der Waals surface area contributed by atoms with Crippen LogP contribution in [0.1, 0.15) is 12.0 Å². The van der Waals surface area contributed by atoms with Gasteiger partial charge in [0.25, 0.3) is 0 Å². The number of fused-ring (bicyclic) bond motifs is 2. The minimum Gasteiger partial charge on any atom is -0.493 e. The summed E-state index contributed by atoms with van der Waals surface area (Å²) in [6, 6.07) is 7.70.